The maximum Gasteiger partial charge on any atom is 0.0562 e. The Bertz CT molecular complexity index is 375. The monoisotopic (exact) mass is 249 g/mol. The first-order chi connectivity index (χ1) is 8.64. The Morgan fingerprint density at radius 1 is 1.39 bits per heavy atom. The zero-order chi connectivity index (χ0) is 13.2. The van der Waals surface area contributed by atoms with Crippen LogP contribution in [0.5, 0.6) is 0 Å². The number of nitrogens with zero attached hydrogens (tertiary/aromatic N) is 2. The van der Waals surface area contributed by atoms with Crippen LogP contribution in [0.3, 0.4) is 0 Å². The zero-order valence-electron chi connectivity index (χ0n) is 12.2. The van der Waals surface area contributed by atoms with E-state index in [1.807, 2.05) is 6.20 Å². The van der Waals surface area contributed by atoms with E-state index in [4.69, 9.17) is 0 Å². The van der Waals surface area contributed by atoms with Gasteiger partial charge in [0.25, 0.3) is 0 Å². The quantitative estimate of drug-likeness (QED) is 0.862. The Morgan fingerprint density at radius 2 is 2.06 bits per heavy atom. The normalized spacial score (nSPS) is 20.5. The van der Waals surface area contributed by atoms with Crippen molar-refractivity contribution in [3.05, 3.63) is 18.0 Å². The van der Waals surface area contributed by atoms with Crippen LogP contribution in [0, 0.1) is 5.41 Å². The van der Waals surface area contributed by atoms with Crippen LogP contribution in [0.1, 0.15) is 70.7 Å². The van der Waals surface area contributed by atoms with Gasteiger partial charge in [-0.15, -0.1) is 0 Å². The van der Waals surface area contributed by atoms with E-state index in [0.717, 1.165) is 0 Å². The molecule has 1 unspecified atom stereocenters. The van der Waals surface area contributed by atoms with Gasteiger partial charge in [-0.05, 0) is 51.6 Å². The van der Waals surface area contributed by atoms with Gasteiger partial charge in [-0.2, -0.15) is 5.10 Å². The van der Waals surface area contributed by atoms with E-state index in [1.54, 1.807) is 0 Å². The molecule has 0 spiro atoms. The predicted molar refractivity (Wildman–Crippen MR) is 75.6 cm³/mol. The molecule has 2 rings (SSSR count). The average molecular weight is 249 g/mol. The number of aromatic nitrogens is 2. The number of rotatable bonds is 5. The van der Waals surface area contributed by atoms with Crippen LogP contribution in [-0.2, 0) is 0 Å². The van der Waals surface area contributed by atoms with Crippen molar-refractivity contribution in [2.24, 2.45) is 5.41 Å². The van der Waals surface area contributed by atoms with Gasteiger partial charge >= 0.3 is 0 Å². The second-order valence-electron chi connectivity index (χ2n) is 5.94. The number of hydrogen-bond donors (Lipinski definition) is 1. The molecule has 1 fully saturated rings. The van der Waals surface area contributed by atoms with Crippen molar-refractivity contribution in [1.82, 2.24) is 15.1 Å². The predicted octanol–water partition coefficient (Wildman–Crippen LogP) is 3.69. The summed E-state index contributed by atoms with van der Waals surface area (Å²) in [5, 5.41) is 8.07. The maximum absolute atomic E-state index is 4.50. The van der Waals surface area contributed by atoms with Gasteiger partial charge in [-0.1, -0.05) is 19.8 Å². The van der Waals surface area contributed by atoms with Gasteiger partial charge in [0.2, 0.25) is 0 Å². The lowest BCUT2D eigenvalue weighted by Gasteiger charge is -2.37. The van der Waals surface area contributed by atoms with Crippen LogP contribution in [0.2, 0.25) is 0 Å². The largest absolute Gasteiger partial charge is 0.311 e. The highest BCUT2D eigenvalue weighted by Crippen LogP contribution is 2.50. The summed E-state index contributed by atoms with van der Waals surface area (Å²) in [5.74, 6) is 0. The maximum atomic E-state index is 4.50. The highest BCUT2D eigenvalue weighted by atomic mass is 15.3. The Hall–Kier alpha value is -0.830. The van der Waals surface area contributed by atoms with E-state index < -0.39 is 0 Å². The lowest BCUT2D eigenvalue weighted by molar-refractivity contribution is 0.184. The minimum Gasteiger partial charge on any atom is -0.311 e. The molecule has 0 amide bonds. The first-order valence-corrected chi connectivity index (χ1v) is 7.35. The van der Waals surface area contributed by atoms with E-state index in [2.05, 4.69) is 49.0 Å². The van der Waals surface area contributed by atoms with E-state index in [9.17, 15) is 0 Å². The van der Waals surface area contributed by atoms with Gasteiger partial charge in [0.1, 0.15) is 0 Å². The molecular weight excluding hydrogens is 222 g/mol. The molecule has 0 bridgehead atoms. The fraction of sp³-hybridized carbons (Fsp3) is 0.800. The van der Waals surface area contributed by atoms with Gasteiger partial charge in [0, 0.05) is 12.2 Å². The first-order valence-electron chi connectivity index (χ1n) is 7.35. The second-order valence-corrected chi connectivity index (χ2v) is 5.94. The Kier molecular flexibility index (Phi) is 4.10. The molecule has 1 aromatic rings. The summed E-state index contributed by atoms with van der Waals surface area (Å²) in [4.78, 5) is 0. The molecule has 1 aliphatic carbocycles. The fourth-order valence-electron chi connectivity index (χ4n) is 3.68. The van der Waals surface area contributed by atoms with Crippen molar-refractivity contribution in [2.45, 2.75) is 65.0 Å². The van der Waals surface area contributed by atoms with Gasteiger partial charge in [0.15, 0.2) is 0 Å². The van der Waals surface area contributed by atoms with Gasteiger partial charge in [0.05, 0.1) is 11.7 Å². The highest BCUT2D eigenvalue weighted by molar-refractivity contribution is 5.13. The van der Waals surface area contributed by atoms with Crippen molar-refractivity contribution >= 4 is 0 Å². The molecule has 0 saturated heterocycles. The third-order valence-corrected chi connectivity index (χ3v) is 4.69. The van der Waals surface area contributed by atoms with E-state index >= 15 is 0 Å². The average Bonchev–Trinajstić information content (AvgIpc) is 2.99. The van der Waals surface area contributed by atoms with Crippen LogP contribution in [0.4, 0.5) is 0 Å². The second kappa shape index (κ2) is 5.43. The summed E-state index contributed by atoms with van der Waals surface area (Å²) in [6, 6.07) is 3.06. The Balaban J connectivity index is 2.35. The molecule has 0 aromatic carbocycles. The molecule has 3 heteroatoms. The molecule has 102 valence electrons. The summed E-state index contributed by atoms with van der Waals surface area (Å²) < 4.78 is 2.18. The minimum absolute atomic E-state index is 0.432. The van der Waals surface area contributed by atoms with Gasteiger partial charge in [-0.25, -0.2) is 0 Å². The molecule has 1 N–H and O–H groups in total. The van der Waals surface area contributed by atoms with Crippen LogP contribution < -0.4 is 5.32 Å². The molecule has 1 aromatic heterocycles. The molecule has 1 saturated carbocycles. The SMILES string of the molecule is CCC1(C(NC)c2ccnn2C(C)C)CCCC1. The van der Waals surface area contributed by atoms with Crippen LogP contribution in [0.15, 0.2) is 12.3 Å². The lowest BCUT2D eigenvalue weighted by atomic mass is 9.75. The summed E-state index contributed by atoms with van der Waals surface area (Å²) in [6.45, 7) is 6.75. The molecule has 3 nitrogen and oxygen atoms in total. The van der Waals surface area contributed by atoms with Crippen LogP contribution >= 0.6 is 0 Å². The Labute approximate surface area is 111 Å². The molecule has 18 heavy (non-hydrogen) atoms. The highest BCUT2D eigenvalue weighted by Gasteiger charge is 2.41. The summed E-state index contributed by atoms with van der Waals surface area (Å²) in [7, 11) is 2.10. The van der Waals surface area contributed by atoms with E-state index in [1.165, 1.54) is 37.8 Å². The third kappa shape index (κ3) is 2.20. The van der Waals surface area contributed by atoms with Crippen molar-refractivity contribution in [2.75, 3.05) is 7.05 Å². The Morgan fingerprint density at radius 3 is 2.56 bits per heavy atom. The van der Waals surface area contributed by atoms with Gasteiger partial charge in [-0.3, -0.25) is 4.68 Å². The van der Waals surface area contributed by atoms with Gasteiger partial charge < -0.3 is 5.32 Å². The first kappa shape index (κ1) is 13.6. The topological polar surface area (TPSA) is 29.9 Å². The molecule has 0 aliphatic heterocycles. The summed E-state index contributed by atoms with van der Waals surface area (Å²) in [6.07, 6.45) is 8.64. The number of nitrogens with one attached hydrogen (secondary N) is 1. The third-order valence-electron chi connectivity index (χ3n) is 4.69. The van der Waals surface area contributed by atoms with E-state index in [-0.39, 0.29) is 0 Å². The summed E-state index contributed by atoms with van der Waals surface area (Å²) >= 11 is 0. The van der Waals surface area contributed by atoms with Crippen LogP contribution in [-0.4, -0.2) is 16.8 Å². The van der Waals surface area contributed by atoms with Crippen molar-refractivity contribution < 1.29 is 0 Å². The number of hydrogen-bond acceptors (Lipinski definition) is 2. The fourth-order valence-corrected chi connectivity index (χ4v) is 3.68. The smallest absolute Gasteiger partial charge is 0.0562 e. The minimum atomic E-state index is 0.432. The molecule has 0 radical (unpaired) electrons. The van der Waals surface area contributed by atoms with Crippen LogP contribution in [0.25, 0.3) is 0 Å². The summed E-state index contributed by atoms with van der Waals surface area (Å²) in [5.41, 5.74) is 1.79. The molecule has 1 aliphatic rings. The van der Waals surface area contributed by atoms with Crippen molar-refractivity contribution in [3.8, 4) is 0 Å². The molecule has 1 atom stereocenters. The molecular formula is C15H27N3. The lowest BCUT2D eigenvalue weighted by Crippen LogP contribution is -2.36. The zero-order valence-corrected chi connectivity index (χ0v) is 12.2. The molecule has 1 heterocycles. The van der Waals surface area contributed by atoms with E-state index in [0.29, 0.717) is 17.5 Å². The van der Waals surface area contributed by atoms with Crippen molar-refractivity contribution in [1.29, 1.82) is 0 Å². The van der Waals surface area contributed by atoms with Crippen molar-refractivity contribution in [3.63, 3.8) is 0 Å². The standard InChI is InChI=1S/C15H27N3/c1-5-15(9-6-7-10-15)14(16-4)13-8-11-17-18(13)12(2)3/h8,11-12,14,16H,5-7,9-10H2,1-4H3.